The van der Waals surface area contributed by atoms with Gasteiger partial charge < -0.3 is 11.5 Å². The lowest BCUT2D eigenvalue weighted by molar-refractivity contribution is 0.0995. The van der Waals surface area contributed by atoms with Crippen molar-refractivity contribution in [3.63, 3.8) is 0 Å². The summed E-state index contributed by atoms with van der Waals surface area (Å²) in [7, 11) is 0. The maximum Gasteiger partial charge on any atom is 0.271 e. The van der Waals surface area contributed by atoms with Gasteiger partial charge in [-0.25, -0.2) is 0 Å². The Bertz CT molecular complexity index is 329. The molecular weight excluding hydrogens is 168 g/mol. The van der Waals surface area contributed by atoms with Gasteiger partial charge in [0, 0.05) is 6.54 Å². The van der Waals surface area contributed by atoms with E-state index in [0.717, 1.165) is 12.1 Å². The molecule has 5 nitrogen and oxygen atoms in total. The summed E-state index contributed by atoms with van der Waals surface area (Å²) in [6.07, 6.45) is 0.750. The Kier molecular flexibility index (Phi) is 2.55. The van der Waals surface area contributed by atoms with Gasteiger partial charge in [-0.3, -0.25) is 9.48 Å². The number of nitrogens with two attached hydrogens (primary N) is 2. The summed E-state index contributed by atoms with van der Waals surface area (Å²) in [6, 6.07) is 0. The number of carbonyl (C=O) groups excluding carboxylic acids is 1. The van der Waals surface area contributed by atoms with E-state index in [1.165, 1.54) is 0 Å². The highest BCUT2D eigenvalue weighted by molar-refractivity contribution is 5.96. The number of amides is 1. The van der Waals surface area contributed by atoms with Crippen LogP contribution < -0.4 is 11.5 Å². The number of anilines is 1. The van der Waals surface area contributed by atoms with Gasteiger partial charge >= 0.3 is 0 Å². The first-order valence-corrected chi connectivity index (χ1v) is 4.26. The highest BCUT2D eigenvalue weighted by Gasteiger charge is 2.16. The van der Waals surface area contributed by atoms with Crippen LogP contribution in [0.3, 0.4) is 0 Å². The number of rotatable bonds is 3. The lowest BCUT2D eigenvalue weighted by atomic mass is 10.2. The van der Waals surface area contributed by atoms with E-state index in [1.807, 2.05) is 13.8 Å². The van der Waals surface area contributed by atoms with E-state index in [0.29, 0.717) is 12.2 Å². The zero-order valence-electron chi connectivity index (χ0n) is 7.87. The number of nitrogens with zero attached hydrogens (tertiary/aromatic N) is 2. The van der Waals surface area contributed by atoms with Crippen molar-refractivity contribution in [3.8, 4) is 0 Å². The molecule has 0 unspecified atom stereocenters. The zero-order valence-corrected chi connectivity index (χ0v) is 7.87. The van der Waals surface area contributed by atoms with Gasteiger partial charge in [0.1, 0.15) is 0 Å². The molecule has 13 heavy (non-hydrogen) atoms. The number of carbonyl (C=O) groups is 1. The van der Waals surface area contributed by atoms with E-state index in [4.69, 9.17) is 11.5 Å². The number of aromatic nitrogens is 2. The maximum absolute atomic E-state index is 10.9. The van der Waals surface area contributed by atoms with Crippen molar-refractivity contribution in [3.05, 3.63) is 11.4 Å². The molecule has 0 aliphatic rings. The predicted molar refractivity (Wildman–Crippen MR) is 50.2 cm³/mol. The minimum absolute atomic E-state index is 0.179. The topological polar surface area (TPSA) is 86.9 Å². The third kappa shape index (κ3) is 1.49. The van der Waals surface area contributed by atoms with Crippen molar-refractivity contribution in [1.82, 2.24) is 9.78 Å². The van der Waals surface area contributed by atoms with Crippen LogP contribution in [0.4, 0.5) is 5.69 Å². The first kappa shape index (κ1) is 9.57. The summed E-state index contributed by atoms with van der Waals surface area (Å²) < 4.78 is 1.70. The second-order valence-electron chi connectivity index (χ2n) is 2.74. The summed E-state index contributed by atoms with van der Waals surface area (Å²) in [5.74, 6) is -0.570. The van der Waals surface area contributed by atoms with Gasteiger partial charge in [-0.2, -0.15) is 5.10 Å². The standard InChI is InChI=1S/C8H14N4O/c1-3-5-6(9)7(8(10)13)11-12(5)4-2/h3-4,9H2,1-2H3,(H2,10,13). The van der Waals surface area contributed by atoms with Crippen LogP contribution in [0.25, 0.3) is 0 Å². The van der Waals surface area contributed by atoms with Crippen LogP contribution in [0.2, 0.25) is 0 Å². The van der Waals surface area contributed by atoms with E-state index in [2.05, 4.69) is 5.10 Å². The third-order valence-electron chi connectivity index (χ3n) is 1.97. The molecule has 0 aliphatic heterocycles. The molecule has 0 saturated carbocycles. The Balaban J connectivity index is 3.26. The van der Waals surface area contributed by atoms with Crippen LogP contribution in [0.5, 0.6) is 0 Å². The van der Waals surface area contributed by atoms with E-state index < -0.39 is 5.91 Å². The molecule has 72 valence electrons. The normalized spacial score (nSPS) is 10.3. The lowest BCUT2D eigenvalue weighted by Crippen LogP contribution is -2.14. The third-order valence-corrected chi connectivity index (χ3v) is 1.97. The number of hydrogen-bond donors (Lipinski definition) is 2. The van der Waals surface area contributed by atoms with E-state index >= 15 is 0 Å². The molecule has 0 saturated heterocycles. The number of nitrogen functional groups attached to an aromatic ring is 1. The summed E-state index contributed by atoms with van der Waals surface area (Å²) >= 11 is 0. The van der Waals surface area contributed by atoms with Gasteiger partial charge in [-0.1, -0.05) is 6.92 Å². The smallest absolute Gasteiger partial charge is 0.271 e. The average Bonchev–Trinajstić information content (AvgIpc) is 2.41. The Morgan fingerprint density at radius 2 is 2.15 bits per heavy atom. The lowest BCUT2D eigenvalue weighted by Gasteiger charge is -2.00. The van der Waals surface area contributed by atoms with Crippen molar-refractivity contribution >= 4 is 11.6 Å². The first-order valence-electron chi connectivity index (χ1n) is 4.26. The molecule has 0 aliphatic carbocycles. The van der Waals surface area contributed by atoms with E-state index in [1.54, 1.807) is 4.68 Å². The van der Waals surface area contributed by atoms with Gasteiger partial charge in [0.2, 0.25) is 0 Å². The van der Waals surface area contributed by atoms with E-state index in [-0.39, 0.29) is 5.69 Å². The predicted octanol–water partition coefficient (Wildman–Crippen LogP) is 0.146. The number of primary amides is 1. The van der Waals surface area contributed by atoms with Crippen molar-refractivity contribution in [1.29, 1.82) is 0 Å². The van der Waals surface area contributed by atoms with Gasteiger partial charge in [0.15, 0.2) is 5.69 Å². The molecule has 1 aromatic rings. The summed E-state index contributed by atoms with van der Waals surface area (Å²) in [5.41, 5.74) is 12.3. The fourth-order valence-electron chi connectivity index (χ4n) is 1.33. The van der Waals surface area contributed by atoms with Gasteiger partial charge in [0.25, 0.3) is 5.91 Å². The summed E-state index contributed by atoms with van der Waals surface area (Å²) in [5, 5.41) is 4.02. The van der Waals surface area contributed by atoms with Crippen LogP contribution >= 0.6 is 0 Å². The van der Waals surface area contributed by atoms with Crippen molar-refractivity contribution in [2.24, 2.45) is 5.73 Å². The molecule has 1 amide bonds. The van der Waals surface area contributed by atoms with Crippen molar-refractivity contribution in [2.75, 3.05) is 5.73 Å². The molecule has 0 spiro atoms. The Morgan fingerprint density at radius 3 is 2.46 bits per heavy atom. The van der Waals surface area contributed by atoms with Crippen LogP contribution in [0.15, 0.2) is 0 Å². The fourth-order valence-corrected chi connectivity index (χ4v) is 1.33. The second kappa shape index (κ2) is 3.47. The Labute approximate surface area is 76.7 Å². The average molecular weight is 182 g/mol. The Hall–Kier alpha value is -1.52. The monoisotopic (exact) mass is 182 g/mol. The zero-order chi connectivity index (χ0) is 10.0. The molecule has 0 aromatic carbocycles. The molecule has 0 bridgehead atoms. The van der Waals surface area contributed by atoms with Crippen LogP contribution in [-0.4, -0.2) is 15.7 Å². The summed E-state index contributed by atoms with van der Waals surface area (Å²) in [6.45, 7) is 4.60. The molecule has 1 rings (SSSR count). The van der Waals surface area contributed by atoms with Gasteiger partial charge in [-0.05, 0) is 13.3 Å². The quantitative estimate of drug-likeness (QED) is 0.697. The molecule has 0 radical (unpaired) electrons. The molecule has 0 atom stereocenters. The largest absolute Gasteiger partial charge is 0.395 e. The highest BCUT2D eigenvalue weighted by atomic mass is 16.1. The SMILES string of the molecule is CCc1c(N)c(C(N)=O)nn1CC. The molecule has 1 heterocycles. The number of aryl methyl sites for hydroxylation is 1. The van der Waals surface area contributed by atoms with E-state index in [9.17, 15) is 4.79 Å². The first-order chi connectivity index (χ1) is 6.11. The van der Waals surface area contributed by atoms with Gasteiger partial charge in [0.05, 0.1) is 11.4 Å². The Morgan fingerprint density at radius 1 is 1.54 bits per heavy atom. The molecule has 0 fully saturated rings. The molecular formula is C8H14N4O. The molecule has 1 aromatic heterocycles. The maximum atomic E-state index is 10.9. The summed E-state index contributed by atoms with van der Waals surface area (Å²) in [4.78, 5) is 10.9. The highest BCUT2D eigenvalue weighted by Crippen LogP contribution is 2.16. The van der Waals surface area contributed by atoms with Crippen molar-refractivity contribution in [2.45, 2.75) is 26.8 Å². The minimum atomic E-state index is -0.570. The fraction of sp³-hybridized carbons (Fsp3) is 0.500. The van der Waals surface area contributed by atoms with Crippen LogP contribution in [0, 0.1) is 0 Å². The minimum Gasteiger partial charge on any atom is -0.395 e. The second-order valence-corrected chi connectivity index (χ2v) is 2.74. The molecule has 5 heteroatoms. The molecule has 4 N–H and O–H groups in total. The van der Waals surface area contributed by atoms with Crippen LogP contribution in [0.1, 0.15) is 30.0 Å². The van der Waals surface area contributed by atoms with Gasteiger partial charge in [-0.15, -0.1) is 0 Å². The number of hydrogen-bond acceptors (Lipinski definition) is 3. The van der Waals surface area contributed by atoms with Crippen LogP contribution in [-0.2, 0) is 13.0 Å². The van der Waals surface area contributed by atoms with Crippen molar-refractivity contribution < 1.29 is 4.79 Å².